The number of hydrogen-bond donors (Lipinski definition) is 3. The van der Waals surface area contributed by atoms with E-state index in [2.05, 4.69) is 57.7 Å². The normalized spacial score (nSPS) is 10.9. The Morgan fingerprint density at radius 1 is 1.06 bits per heavy atom. The van der Waals surface area contributed by atoms with E-state index in [-0.39, 0.29) is 11.5 Å². The Bertz CT molecular complexity index is 1250. The zero-order valence-electron chi connectivity index (χ0n) is 17.0. The lowest BCUT2D eigenvalue weighted by molar-refractivity contribution is -0.384. The first-order chi connectivity index (χ1) is 14.9. The van der Waals surface area contributed by atoms with Gasteiger partial charge in [-0.25, -0.2) is 15.0 Å². The molecule has 0 aliphatic rings. The highest BCUT2D eigenvalue weighted by molar-refractivity contribution is 5.67. The van der Waals surface area contributed by atoms with Crippen LogP contribution in [0.1, 0.15) is 11.1 Å². The highest BCUT2D eigenvalue weighted by atomic mass is 16.6. The lowest BCUT2D eigenvalue weighted by atomic mass is 10.0. The van der Waals surface area contributed by atoms with Crippen molar-refractivity contribution in [1.82, 2.24) is 24.6 Å². The molecule has 0 unspecified atom stereocenters. The van der Waals surface area contributed by atoms with Crippen molar-refractivity contribution in [2.75, 3.05) is 29.5 Å². The molecule has 0 saturated heterocycles. The van der Waals surface area contributed by atoms with Gasteiger partial charge < -0.3 is 16.4 Å². The third-order valence-electron chi connectivity index (χ3n) is 4.60. The molecule has 0 aliphatic carbocycles. The number of benzene rings is 1. The standard InChI is InChI=1S/C20H21N9O2/c1-12-7-13(2)9-14(8-12)15-10-18-24-11-25-28(18)20(26-15)23-6-5-22-17-4-3-16(29(30)31)19(21)27-17/h3-4,7-11H,5-6H2,1-2H3,(H,23,26)(H3,21,22,27). The molecular formula is C20H21N9O2. The summed E-state index contributed by atoms with van der Waals surface area (Å²) in [5.74, 6) is 0.880. The predicted octanol–water partition coefficient (Wildman–Crippen LogP) is 2.82. The smallest absolute Gasteiger partial charge is 0.311 e. The summed E-state index contributed by atoms with van der Waals surface area (Å²) in [4.78, 5) is 23.3. The SMILES string of the molecule is Cc1cc(C)cc(-c2cc3ncnn3c(NCCNc3ccc([N+](=O)[O-])c(N)n3)n2)c1. The maximum absolute atomic E-state index is 10.8. The highest BCUT2D eigenvalue weighted by Crippen LogP contribution is 2.23. The van der Waals surface area contributed by atoms with Gasteiger partial charge in [-0.15, -0.1) is 0 Å². The Labute approximate surface area is 177 Å². The van der Waals surface area contributed by atoms with Crippen molar-refractivity contribution < 1.29 is 4.92 Å². The summed E-state index contributed by atoms with van der Waals surface area (Å²) < 4.78 is 1.63. The number of nitrogens with two attached hydrogens (primary N) is 1. The fraction of sp³-hybridized carbons (Fsp3) is 0.200. The topological polar surface area (TPSA) is 149 Å². The molecule has 158 valence electrons. The van der Waals surface area contributed by atoms with E-state index in [9.17, 15) is 10.1 Å². The van der Waals surface area contributed by atoms with Crippen LogP contribution in [0.25, 0.3) is 16.9 Å². The first kappa shape index (κ1) is 20.0. The Morgan fingerprint density at radius 3 is 2.52 bits per heavy atom. The van der Waals surface area contributed by atoms with Gasteiger partial charge in [0.15, 0.2) is 5.65 Å². The fourth-order valence-corrected chi connectivity index (χ4v) is 3.30. The Balaban J connectivity index is 1.49. The van der Waals surface area contributed by atoms with Crippen molar-refractivity contribution in [3.63, 3.8) is 0 Å². The Kier molecular flexibility index (Phi) is 5.31. The number of hydrogen-bond acceptors (Lipinski definition) is 9. The molecule has 3 aromatic heterocycles. The van der Waals surface area contributed by atoms with Crippen LogP contribution in [-0.2, 0) is 0 Å². The minimum Gasteiger partial charge on any atom is -0.378 e. The monoisotopic (exact) mass is 419 g/mol. The Hall–Kier alpha value is -4.28. The lowest BCUT2D eigenvalue weighted by Gasteiger charge is -2.11. The summed E-state index contributed by atoms with van der Waals surface area (Å²) in [7, 11) is 0. The first-order valence-corrected chi connectivity index (χ1v) is 9.59. The second kappa shape index (κ2) is 8.22. The van der Waals surface area contributed by atoms with Crippen LogP contribution in [0.15, 0.2) is 42.7 Å². The molecule has 4 N–H and O–H groups in total. The zero-order valence-corrected chi connectivity index (χ0v) is 17.0. The summed E-state index contributed by atoms with van der Waals surface area (Å²) in [6.45, 7) is 5.08. The van der Waals surface area contributed by atoms with Crippen LogP contribution in [0.3, 0.4) is 0 Å². The first-order valence-electron chi connectivity index (χ1n) is 9.59. The van der Waals surface area contributed by atoms with Crippen LogP contribution in [0.2, 0.25) is 0 Å². The number of nitrogen functional groups attached to an aromatic ring is 1. The van der Waals surface area contributed by atoms with E-state index in [0.717, 1.165) is 22.4 Å². The van der Waals surface area contributed by atoms with Gasteiger partial charge in [0.2, 0.25) is 11.8 Å². The molecule has 31 heavy (non-hydrogen) atoms. The summed E-state index contributed by atoms with van der Waals surface area (Å²) in [6, 6.07) is 11.0. The predicted molar refractivity (Wildman–Crippen MR) is 118 cm³/mol. The average Bonchev–Trinajstić information content (AvgIpc) is 3.19. The van der Waals surface area contributed by atoms with Crippen LogP contribution in [0, 0.1) is 24.0 Å². The van der Waals surface area contributed by atoms with E-state index < -0.39 is 4.92 Å². The molecule has 11 nitrogen and oxygen atoms in total. The van der Waals surface area contributed by atoms with Crippen molar-refractivity contribution >= 4 is 28.9 Å². The molecule has 1 aromatic carbocycles. The maximum Gasteiger partial charge on any atom is 0.311 e. The third-order valence-corrected chi connectivity index (χ3v) is 4.60. The molecule has 0 spiro atoms. The third kappa shape index (κ3) is 4.34. The van der Waals surface area contributed by atoms with Gasteiger partial charge in [-0.05, 0) is 32.0 Å². The Morgan fingerprint density at radius 2 is 1.81 bits per heavy atom. The molecule has 3 heterocycles. The number of anilines is 3. The molecule has 4 aromatic rings. The van der Waals surface area contributed by atoms with Gasteiger partial charge >= 0.3 is 5.69 Å². The minimum absolute atomic E-state index is 0.130. The second-order valence-corrected chi connectivity index (χ2v) is 7.08. The van der Waals surface area contributed by atoms with Gasteiger partial charge in [-0.3, -0.25) is 10.1 Å². The van der Waals surface area contributed by atoms with Gasteiger partial charge in [0.05, 0.1) is 10.6 Å². The van der Waals surface area contributed by atoms with E-state index in [1.165, 1.54) is 18.5 Å². The van der Waals surface area contributed by atoms with Gasteiger partial charge in [-0.2, -0.15) is 9.61 Å². The van der Waals surface area contributed by atoms with Gasteiger partial charge in [0, 0.05) is 30.8 Å². The highest BCUT2D eigenvalue weighted by Gasteiger charge is 2.13. The van der Waals surface area contributed by atoms with Crippen LogP contribution in [0.4, 0.5) is 23.3 Å². The van der Waals surface area contributed by atoms with Crippen molar-refractivity contribution in [3.8, 4) is 11.3 Å². The fourth-order valence-electron chi connectivity index (χ4n) is 3.30. The molecule has 0 amide bonds. The molecule has 0 atom stereocenters. The molecule has 0 radical (unpaired) electrons. The van der Waals surface area contributed by atoms with Gasteiger partial charge in [0.1, 0.15) is 12.1 Å². The molecule has 0 fully saturated rings. The number of nitro groups is 1. The number of fused-ring (bicyclic) bond motifs is 1. The number of pyridine rings is 1. The van der Waals surface area contributed by atoms with Crippen LogP contribution < -0.4 is 16.4 Å². The molecule has 11 heteroatoms. The van der Waals surface area contributed by atoms with E-state index in [0.29, 0.717) is 30.5 Å². The van der Waals surface area contributed by atoms with Crippen molar-refractivity contribution in [2.45, 2.75) is 13.8 Å². The largest absolute Gasteiger partial charge is 0.378 e. The van der Waals surface area contributed by atoms with Gasteiger partial charge in [-0.1, -0.05) is 17.2 Å². The number of aromatic nitrogens is 5. The van der Waals surface area contributed by atoms with Crippen LogP contribution >= 0.6 is 0 Å². The summed E-state index contributed by atoms with van der Waals surface area (Å²) in [6.07, 6.45) is 1.48. The van der Waals surface area contributed by atoms with E-state index >= 15 is 0 Å². The van der Waals surface area contributed by atoms with E-state index in [1.54, 1.807) is 4.52 Å². The molecular weight excluding hydrogens is 398 g/mol. The van der Waals surface area contributed by atoms with E-state index in [4.69, 9.17) is 10.7 Å². The van der Waals surface area contributed by atoms with Crippen molar-refractivity contribution in [1.29, 1.82) is 0 Å². The van der Waals surface area contributed by atoms with Crippen molar-refractivity contribution in [3.05, 3.63) is 64.0 Å². The average molecular weight is 419 g/mol. The molecule has 0 bridgehead atoms. The summed E-state index contributed by atoms with van der Waals surface area (Å²) >= 11 is 0. The number of nitrogens with one attached hydrogen (secondary N) is 2. The quantitative estimate of drug-likeness (QED) is 0.233. The molecule has 4 rings (SSSR count). The van der Waals surface area contributed by atoms with E-state index in [1.807, 2.05) is 6.07 Å². The number of nitrogens with zero attached hydrogens (tertiary/aromatic N) is 6. The van der Waals surface area contributed by atoms with Gasteiger partial charge in [0.25, 0.3) is 0 Å². The van der Waals surface area contributed by atoms with Crippen LogP contribution in [-0.4, -0.2) is 42.6 Å². The summed E-state index contributed by atoms with van der Waals surface area (Å²) in [5, 5.41) is 21.4. The molecule has 0 aliphatic heterocycles. The molecule has 0 saturated carbocycles. The second-order valence-electron chi connectivity index (χ2n) is 7.08. The zero-order chi connectivity index (χ0) is 22.0. The maximum atomic E-state index is 10.8. The number of aryl methyl sites for hydroxylation is 2. The van der Waals surface area contributed by atoms with Crippen molar-refractivity contribution in [2.24, 2.45) is 0 Å². The number of rotatable bonds is 7. The van der Waals surface area contributed by atoms with Crippen LogP contribution in [0.5, 0.6) is 0 Å². The minimum atomic E-state index is -0.564. The lowest BCUT2D eigenvalue weighted by Crippen LogP contribution is -2.17. The summed E-state index contributed by atoms with van der Waals surface area (Å²) in [5.41, 5.74) is 10.2.